The van der Waals surface area contributed by atoms with Crippen molar-refractivity contribution in [1.82, 2.24) is 10.2 Å². The maximum absolute atomic E-state index is 12.9. The number of aromatic hydroxyl groups is 1. The molecular formula is C23H35ClN2O5. The summed E-state index contributed by atoms with van der Waals surface area (Å²) in [5.74, 6) is -0.220. The second-order valence-corrected chi connectivity index (χ2v) is 8.60. The van der Waals surface area contributed by atoms with E-state index in [2.05, 4.69) is 10.2 Å². The number of rotatable bonds is 10. The highest BCUT2D eigenvalue weighted by Gasteiger charge is 2.27. The Hall–Kier alpha value is -1.54. The number of halogens is 1. The Morgan fingerprint density at radius 1 is 1.35 bits per heavy atom. The van der Waals surface area contributed by atoms with E-state index in [1.165, 1.54) is 13.5 Å². The van der Waals surface area contributed by atoms with Crippen LogP contribution in [-0.4, -0.2) is 68.2 Å². The van der Waals surface area contributed by atoms with E-state index in [9.17, 15) is 9.90 Å². The third kappa shape index (κ3) is 6.25. The molecule has 2 N–H and O–H groups in total. The average molecular weight is 455 g/mol. The number of aryl methyl sites for hydroxylation is 1. The minimum Gasteiger partial charge on any atom is -0.507 e. The zero-order chi connectivity index (χ0) is 22.2. The highest BCUT2D eigenvalue weighted by Crippen LogP contribution is 2.38. The Labute approximate surface area is 190 Å². The van der Waals surface area contributed by atoms with Crippen molar-refractivity contribution >= 4 is 17.5 Å². The lowest BCUT2D eigenvalue weighted by molar-refractivity contribution is -0.163. The minimum atomic E-state index is -0.365. The topological polar surface area (TPSA) is 80.3 Å². The summed E-state index contributed by atoms with van der Waals surface area (Å²) in [4.78, 5) is 15.3. The third-order valence-electron chi connectivity index (χ3n) is 6.13. The summed E-state index contributed by atoms with van der Waals surface area (Å²) >= 11 is 6.26. The fourth-order valence-corrected chi connectivity index (χ4v) is 4.70. The number of phenols is 1. The van der Waals surface area contributed by atoms with Gasteiger partial charge in [-0.15, -0.1) is 0 Å². The largest absolute Gasteiger partial charge is 0.507 e. The van der Waals surface area contributed by atoms with Gasteiger partial charge in [-0.2, -0.15) is 0 Å². The molecule has 0 saturated carbocycles. The smallest absolute Gasteiger partial charge is 0.258 e. The van der Waals surface area contributed by atoms with Gasteiger partial charge in [-0.1, -0.05) is 18.5 Å². The number of carbonyl (C=O) groups is 1. The van der Waals surface area contributed by atoms with Crippen molar-refractivity contribution < 1.29 is 24.1 Å². The van der Waals surface area contributed by atoms with E-state index in [4.69, 9.17) is 25.8 Å². The van der Waals surface area contributed by atoms with Crippen molar-refractivity contribution in [2.45, 2.75) is 64.2 Å². The molecule has 0 aliphatic carbocycles. The number of hydrogen-bond acceptors (Lipinski definition) is 6. The molecule has 2 heterocycles. The molecule has 2 aliphatic rings. The number of methoxy groups -OCH3 is 1. The maximum atomic E-state index is 12.9. The molecule has 0 aromatic heterocycles. The van der Waals surface area contributed by atoms with E-state index >= 15 is 0 Å². The fraction of sp³-hybridized carbons (Fsp3) is 0.696. The molecule has 2 atom stereocenters. The summed E-state index contributed by atoms with van der Waals surface area (Å²) in [7, 11) is 1.45. The third-order valence-corrected chi connectivity index (χ3v) is 6.41. The number of nitrogens with one attached hydrogen (secondary N) is 1. The molecule has 1 unspecified atom stereocenters. The van der Waals surface area contributed by atoms with Crippen LogP contribution in [0.4, 0.5) is 0 Å². The Morgan fingerprint density at radius 2 is 2.19 bits per heavy atom. The van der Waals surface area contributed by atoms with Crippen LogP contribution in [0.15, 0.2) is 6.07 Å². The second kappa shape index (κ2) is 11.9. The molecule has 1 amide bonds. The van der Waals surface area contributed by atoms with E-state index in [0.717, 1.165) is 51.8 Å². The van der Waals surface area contributed by atoms with Crippen molar-refractivity contribution in [3.8, 4) is 11.5 Å². The molecule has 2 fully saturated rings. The summed E-state index contributed by atoms with van der Waals surface area (Å²) in [6, 6.07) is 1.92. The average Bonchev–Trinajstić information content (AvgIpc) is 3.24. The van der Waals surface area contributed by atoms with Crippen LogP contribution in [0.2, 0.25) is 5.02 Å². The Kier molecular flexibility index (Phi) is 9.26. The zero-order valence-corrected chi connectivity index (χ0v) is 19.4. The summed E-state index contributed by atoms with van der Waals surface area (Å²) in [6.07, 6.45) is 6.89. The van der Waals surface area contributed by atoms with Crippen LogP contribution >= 0.6 is 11.6 Å². The zero-order valence-electron chi connectivity index (χ0n) is 18.6. The SMILES string of the molecule is CCc1cc(Cl)c(OC)c(C(=O)NC[C@@H]2CCCN2CCCOC2CCCCO2)c1O. The van der Waals surface area contributed by atoms with Crippen LogP contribution in [0, 0.1) is 0 Å². The number of likely N-dealkylation sites (tertiary alicyclic amines) is 1. The first kappa shape index (κ1) is 24.1. The van der Waals surface area contributed by atoms with E-state index < -0.39 is 0 Å². The number of benzene rings is 1. The van der Waals surface area contributed by atoms with Crippen LogP contribution in [-0.2, 0) is 15.9 Å². The summed E-state index contributed by atoms with van der Waals surface area (Å²) in [5, 5.41) is 13.9. The monoisotopic (exact) mass is 454 g/mol. The molecule has 8 heteroatoms. The van der Waals surface area contributed by atoms with Crippen LogP contribution < -0.4 is 10.1 Å². The molecule has 7 nitrogen and oxygen atoms in total. The molecule has 2 aliphatic heterocycles. The molecule has 3 rings (SSSR count). The van der Waals surface area contributed by atoms with Gasteiger partial charge in [0.2, 0.25) is 0 Å². The van der Waals surface area contributed by atoms with Gasteiger partial charge in [-0.25, -0.2) is 0 Å². The predicted octanol–water partition coefficient (Wildman–Crippen LogP) is 3.74. The van der Waals surface area contributed by atoms with Crippen molar-refractivity contribution in [2.24, 2.45) is 0 Å². The lowest BCUT2D eigenvalue weighted by atomic mass is 10.0. The number of amides is 1. The van der Waals surface area contributed by atoms with Crippen molar-refractivity contribution in [3.05, 3.63) is 22.2 Å². The normalized spacial score (nSPS) is 21.9. The van der Waals surface area contributed by atoms with Gasteiger partial charge in [0.15, 0.2) is 12.0 Å². The summed E-state index contributed by atoms with van der Waals surface area (Å²) in [5.41, 5.74) is 0.734. The molecule has 1 aromatic carbocycles. The minimum absolute atomic E-state index is 0.0456. The highest BCUT2D eigenvalue weighted by molar-refractivity contribution is 6.33. The van der Waals surface area contributed by atoms with Gasteiger partial charge in [0.05, 0.1) is 18.7 Å². The summed E-state index contributed by atoms with van der Waals surface area (Å²) < 4.78 is 16.7. The van der Waals surface area contributed by atoms with Gasteiger partial charge in [-0.05, 0) is 63.1 Å². The molecule has 0 radical (unpaired) electrons. The first-order valence-corrected chi connectivity index (χ1v) is 11.8. The van der Waals surface area contributed by atoms with Gasteiger partial charge >= 0.3 is 0 Å². The van der Waals surface area contributed by atoms with Gasteiger partial charge in [0.1, 0.15) is 11.3 Å². The molecule has 0 bridgehead atoms. The van der Waals surface area contributed by atoms with Crippen molar-refractivity contribution in [1.29, 1.82) is 0 Å². The first-order chi connectivity index (χ1) is 15.0. The Bertz CT molecular complexity index is 739. The number of carbonyl (C=O) groups excluding carboxylic acids is 1. The Morgan fingerprint density at radius 3 is 2.90 bits per heavy atom. The van der Waals surface area contributed by atoms with Gasteiger partial charge in [0, 0.05) is 25.7 Å². The quantitative estimate of drug-likeness (QED) is 0.524. The van der Waals surface area contributed by atoms with Crippen LogP contribution in [0.5, 0.6) is 11.5 Å². The number of nitrogens with zero attached hydrogens (tertiary/aromatic N) is 1. The lowest BCUT2D eigenvalue weighted by Gasteiger charge is -2.26. The van der Waals surface area contributed by atoms with Gasteiger partial charge < -0.3 is 24.6 Å². The molecule has 174 valence electrons. The van der Waals surface area contributed by atoms with Gasteiger partial charge in [0.25, 0.3) is 5.91 Å². The molecule has 1 aromatic rings. The lowest BCUT2D eigenvalue weighted by Crippen LogP contribution is -2.41. The van der Waals surface area contributed by atoms with Crippen LogP contribution in [0.3, 0.4) is 0 Å². The molecule has 0 spiro atoms. The van der Waals surface area contributed by atoms with E-state index in [1.807, 2.05) is 6.92 Å². The Balaban J connectivity index is 1.50. The van der Waals surface area contributed by atoms with Gasteiger partial charge in [-0.3, -0.25) is 9.69 Å². The standard InChI is InChI=1S/C23H35ClN2O5/c1-3-16-14-18(24)22(29-2)20(21(16)27)23(28)25-15-17-8-6-10-26(17)11-7-13-31-19-9-4-5-12-30-19/h14,17,19,27H,3-13,15H2,1-2H3,(H,25,28)/t17-,19?/m0/s1. The predicted molar refractivity (Wildman–Crippen MR) is 120 cm³/mol. The maximum Gasteiger partial charge on any atom is 0.258 e. The van der Waals surface area contributed by atoms with Crippen LogP contribution in [0.1, 0.15) is 61.4 Å². The summed E-state index contributed by atoms with van der Waals surface area (Å²) in [6.45, 7) is 5.85. The van der Waals surface area contributed by atoms with E-state index in [1.54, 1.807) is 6.07 Å². The highest BCUT2D eigenvalue weighted by atomic mass is 35.5. The molecule has 31 heavy (non-hydrogen) atoms. The first-order valence-electron chi connectivity index (χ1n) is 11.4. The second-order valence-electron chi connectivity index (χ2n) is 8.19. The van der Waals surface area contributed by atoms with Crippen molar-refractivity contribution in [3.63, 3.8) is 0 Å². The van der Waals surface area contributed by atoms with Crippen molar-refractivity contribution in [2.75, 3.05) is 40.0 Å². The number of hydrogen-bond donors (Lipinski definition) is 2. The number of phenolic OH excluding ortho intramolecular Hbond substituents is 1. The fourth-order valence-electron chi connectivity index (χ4n) is 4.40. The molecular weight excluding hydrogens is 420 g/mol. The molecule has 2 saturated heterocycles. The van der Waals surface area contributed by atoms with Crippen LogP contribution in [0.25, 0.3) is 0 Å². The number of ether oxygens (including phenoxy) is 3. The van der Waals surface area contributed by atoms with E-state index in [-0.39, 0.29) is 35.3 Å². The van der Waals surface area contributed by atoms with E-state index in [0.29, 0.717) is 30.2 Å².